The standard InChI is InChI=1S/C63H108O5/c1-4-7-10-13-16-19-22-25-28-30-31-32-34-37-40-43-46-49-52-55-58-66-59-61(68-63(65)57-54-51-48-45-42-39-35-27-24-21-18-15-12-9-6-3)60-67-62(64)56-53-50-47-44-41-38-36-33-29-26-23-20-17-14-11-8-5-2/h7,10,16,19,25-29,31-32,35,37,40,46,49,61H,4-6,8-9,11-15,17-18,20-24,30,33-34,36,38-39,41-45,47-48,50-60H2,1-3H3/b10-7-,19-16-,28-25-,29-26-,32-31-,35-27-,40-37-,49-46-. The lowest BCUT2D eigenvalue weighted by Gasteiger charge is -2.18. The molecule has 5 heteroatoms. The molecule has 0 aromatic heterocycles. The Morgan fingerprint density at radius 2 is 0.662 bits per heavy atom. The van der Waals surface area contributed by atoms with Crippen molar-refractivity contribution in [1.29, 1.82) is 0 Å². The smallest absolute Gasteiger partial charge is 0.306 e. The summed E-state index contributed by atoms with van der Waals surface area (Å²) < 4.78 is 17.4. The maximum absolute atomic E-state index is 12.8. The van der Waals surface area contributed by atoms with Gasteiger partial charge in [0.1, 0.15) is 6.61 Å². The lowest BCUT2D eigenvalue weighted by Crippen LogP contribution is -2.30. The highest BCUT2D eigenvalue weighted by molar-refractivity contribution is 5.70. The summed E-state index contributed by atoms with van der Waals surface area (Å²) in [6.07, 6.45) is 78.6. The number of allylic oxidation sites excluding steroid dienone is 16. The molecular formula is C63H108O5. The molecule has 68 heavy (non-hydrogen) atoms. The van der Waals surface area contributed by atoms with Crippen LogP contribution >= 0.6 is 0 Å². The lowest BCUT2D eigenvalue weighted by molar-refractivity contribution is -0.163. The molecular weight excluding hydrogens is 837 g/mol. The SMILES string of the molecule is CC/C=C\C/C=C\C/C=C\C/C=C\C/C=C\C/C=C\CCCOCC(COC(=O)CCCCCCCCC/C=C\CCCCCCCC)OC(=O)CCCCCCC/C=C\CCCCCCCC. The van der Waals surface area contributed by atoms with Crippen LogP contribution in [0, 0.1) is 0 Å². The van der Waals surface area contributed by atoms with Gasteiger partial charge in [0.2, 0.25) is 0 Å². The minimum absolute atomic E-state index is 0.0531. The molecule has 0 bridgehead atoms. The largest absolute Gasteiger partial charge is 0.462 e. The van der Waals surface area contributed by atoms with Crippen LogP contribution in [0.2, 0.25) is 0 Å². The lowest BCUT2D eigenvalue weighted by atomic mass is 10.1. The molecule has 0 saturated heterocycles. The van der Waals surface area contributed by atoms with Crippen LogP contribution in [0.25, 0.3) is 0 Å². The quantitative estimate of drug-likeness (QED) is 0.0345. The molecule has 0 heterocycles. The third kappa shape index (κ3) is 55.4. The van der Waals surface area contributed by atoms with Gasteiger partial charge in [-0.2, -0.15) is 0 Å². The van der Waals surface area contributed by atoms with Gasteiger partial charge in [-0.3, -0.25) is 9.59 Å². The van der Waals surface area contributed by atoms with Crippen molar-refractivity contribution in [2.45, 2.75) is 271 Å². The maximum Gasteiger partial charge on any atom is 0.306 e. The van der Waals surface area contributed by atoms with Crippen molar-refractivity contribution in [2.75, 3.05) is 19.8 Å². The fraction of sp³-hybridized carbons (Fsp3) is 0.714. The van der Waals surface area contributed by atoms with E-state index in [1.807, 2.05) is 0 Å². The van der Waals surface area contributed by atoms with E-state index < -0.39 is 6.10 Å². The Hall–Kier alpha value is -3.18. The van der Waals surface area contributed by atoms with Crippen LogP contribution in [-0.2, 0) is 23.8 Å². The summed E-state index contributed by atoms with van der Waals surface area (Å²) in [4.78, 5) is 25.5. The Bertz CT molecular complexity index is 1300. The second kappa shape index (κ2) is 58.1. The molecule has 0 saturated carbocycles. The zero-order valence-electron chi connectivity index (χ0n) is 44.8. The number of hydrogen-bond acceptors (Lipinski definition) is 5. The van der Waals surface area contributed by atoms with Crippen LogP contribution in [0.3, 0.4) is 0 Å². The highest BCUT2D eigenvalue weighted by Crippen LogP contribution is 2.14. The molecule has 0 aliphatic rings. The van der Waals surface area contributed by atoms with Crippen molar-refractivity contribution < 1.29 is 23.8 Å². The van der Waals surface area contributed by atoms with E-state index >= 15 is 0 Å². The van der Waals surface area contributed by atoms with Crippen LogP contribution in [-0.4, -0.2) is 37.9 Å². The van der Waals surface area contributed by atoms with Crippen molar-refractivity contribution >= 4 is 11.9 Å². The zero-order valence-corrected chi connectivity index (χ0v) is 44.8. The molecule has 0 spiro atoms. The normalized spacial score (nSPS) is 12.9. The van der Waals surface area contributed by atoms with Gasteiger partial charge < -0.3 is 14.2 Å². The van der Waals surface area contributed by atoms with Gasteiger partial charge in [0.25, 0.3) is 0 Å². The molecule has 0 fully saturated rings. The minimum atomic E-state index is -0.578. The number of unbranched alkanes of at least 4 members (excludes halogenated alkanes) is 25. The van der Waals surface area contributed by atoms with E-state index in [9.17, 15) is 9.59 Å². The average molecular weight is 946 g/mol. The second-order valence-corrected chi connectivity index (χ2v) is 18.8. The first-order valence-electron chi connectivity index (χ1n) is 28.8. The summed E-state index contributed by atoms with van der Waals surface area (Å²) in [7, 11) is 0. The summed E-state index contributed by atoms with van der Waals surface area (Å²) in [5.74, 6) is -0.442. The van der Waals surface area contributed by atoms with E-state index in [-0.39, 0.29) is 25.2 Å². The molecule has 0 rings (SSSR count). The highest BCUT2D eigenvalue weighted by atomic mass is 16.6. The molecule has 0 aromatic rings. The predicted octanol–water partition coefficient (Wildman–Crippen LogP) is 19.8. The third-order valence-corrected chi connectivity index (χ3v) is 12.1. The fourth-order valence-corrected chi connectivity index (χ4v) is 7.81. The van der Waals surface area contributed by atoms with Crippen LogP contribution < -0.4 is 0 Å². The van der Waals surface area contributed by atoms with Gasteiger partial charge in [-0.05, 0) is 116 Å². The van der Waals surface area contributed by atoms with E-state index in [1.54, 1.807) is 0 Å². The Kier molecular flexibility index (Phi) is 55.4. The summed E-state index contributed by atoms with van der Waals surface area (Å²) in [6, 6.07) is 0. The zero-order chi connectivity index (χ0) is 49.2. The van der Waals surface area contributed by atoms with Gasteiger partial charge in [-0.25, -0.2) is 0 Å². The van der Waals surface area contributed by atoms with E-state index in [0.29, 0.717) is 19.4 Å². The molecule has 1 atom stereocenters. The van der Waals surface area contributed by atoms with Crippen molar-refractivity contribution in [2.24, 2.45) is 0 Å². The molecule has 0 aromatic carbocycles. The highest BCUT2D eigenvalue weighted by Gasteiger charge is 2.17. The van der Waals surface area contributed by atoms with Crippen LogP contribution in [0.1, 0.15) is 265 Å². The van der Waals surface area contributed by atoms with Gasteiger partial charge in [-0.15, -0.1) is 0 Å². The van der Waals surface area contributed by atoms with Gasteiger partial charge in [0.15, 0.2) is 6.10 Å². The first-order chi connectivity index (χ1) is 33.6. The average Bonchev–Trinajstić information content (AvgIpc) is 3.34. The number of carbonyl (C=O) groups is 2. The first kappa shape index (κ1) is 64.8. The Balaban J connectivity index is 4.40. The summed E-state index contributed by atoms with van der Waals surface area (Å²) >= 11 is 0. The van der Waals surface area contributed by atoms with Crippen LogP contribution in [0.4, 0.5) is 0 Å². The molecule has 0 N–H and O–H groups in total. The minimum Gasteiger partial charge on any atom is -0.462 e. The number of rotatable bonds is 52. The Morgan fingerprint density at radius 1 is 0.338 bits per heavy atom. The number of ether oxygens (including phenoxy) is 3. The molecule has 5 nitrogen and oxygen atoms in total. The second-order valence-electron chi connectivity index (χ2n) is 18.8. The van der Waals surface area contributed by atoms with Crippen LogP contribution in [0.5, 0.6) is 0 Å². The van der Waals surface area contributed by atoms with Gasteiger partial charge in [-0.1, -0.05) is 234 Å². The monoisotopic (exact) mass is 945 g/mol. The Labute approximate surface area is 422 Å². The maximum atomic E-state index is 12.8. The topological polar surface area (TPSA) is 61.8 Å². The Morgan fingerprint density at radius 3 is 1.07 bits per heavy atom. The third-order valence-electron chi connectivity index (χ3n) is 12.1. The fourth-order valence-electron chi connectivity index (χ4n) is 7.81. The first-order valence-corrected chi connectivity index (χ1v) is 28.8. The number of hydrogen-bond donors (Lipinski definition) is 0. The summed E-state index contributed by atoms with van der Waals surface area (Å²) in [5, 5.41) is 0. The summed E-state index contributed by atoms with van der Waals surface area (Å²) in [5.41, 5.74) is 0. The van der Waals surface area contributed by atoms with E-state index in [1.165, 1.54) is 135 Å². The molecule has 390 valence electrons. The van der Waals surface area contributed by atoms with E-state index in [4.69, 9.17) is 14.2 Å². The molecule has 0 amide bonds. The predicted molar refractivity (Wildman–Crippen MR) is 297 cm³/mol. The molecule has 1 unspecified atom stereocenters. The van der Waals surface area contributed by atoms with Gasteiger partial charge >= 0.3 is 11.9 Å². The van der Waals surface area contributed by atoms with E-state index in [2.05, 4.69) is 118 Å². The van der Waals surface area contributed by atoms with Gasteiger partial charge in [0.05, 0.1) is 6.61 Å². The van der Waals surface area contributed by atoms with Crippen molar-refractivity contribution in [3.05, 3.63) is 97.2 Å². The van der Waals surface area contributed by atoms with Crippen molar-refractivity contribution in [3.63, 3.8) is 0 Å². The van der Waals surface area contributed by atoms with Gasteiger partial charge in [0, 0.05) is 19.4 Å². The molecule has 0 radical (unpaired) electrons. The van der Waals surface area contributed by atoms with Crippen LogP contribution in [0.15, 0.2) is 97.2 Å². The molecule has 0 aliphatic carbocycles. The molecule has 0 aliphatic heterocycles. The van der Waals surface area contributed by atoms with Crippen molar-refractivity contribution in [3.8, 4) is 0 Å². The number of esters is 2. The number of carbonyl (C=O) groups excluding carboxylic acids is 2. The van der Waals surface area contributed by atoms with E-state index in [0.717, 1.165) is 96.3 Å². The summed E-state index contributed by atoms with van der Waals surface area (Å²) in [6.45, 7) is 7.56. The van der Waals surface area contributed by atoms with Crippen molar-refractivity contribution in [1.82, 2.24) is 0 Å².